The lowest BCUT2D eigenvalue weighted by Gasteiger charge is -2.27. The molecule has 4 rings (SSSR count). The van der Waals surface area contributed by atoms with E-state index >= 15 is 0 Å². The number of likely N-dealkylation sites (N-methyl/N-ethyl adjacent to an activating group) is 1. The number of aromatic nitrogens is 1. The molecule has 0 spiro atoms. The van der Waals surface area contributed by atoms with E-state index in [0.717, 1.165) is 23.2 Å². The third-order valence-electron chi connectivity index (χ3n) is 4.94. The van der Waals surface area contributed by atoms with Gasteiger partial charge in [-0.1, -0.05) is 0 Å². The SMILES string of the molecule is CN1C(=O)C(c2ccnc(C(F)F)c2)(c2cc(F)c(F)c(-c3ccoc3)c2)N=C1N. The maximum Gasteiger partial charge on any atom is 0.280 e. The fourth-order valence-electron chi connectivity index (χ4n) is 3.40. The van der Waals surface area contributed by atoms with E-state index in [1.54, 1.807) is 0 Å². The lowest BCUT2D eigenvalue weighted by atomic mass is 9.81. The van der Waals surface area contributed by atoms with Crippen LogP contribution in [0.15, 0.2) is 58.5 Å². The smallest absolute Gasteiger partial charge is 0.280 e. The zero-order valence-electron chi connectivity index (χ0n) is 15.4. The number of guanidine groups is 1. The van der Waals surface area contributed by atoms with E-state index in [9.17, 15) is 22.4 Å². The van der Waals surface area contributed by atoms with Crippen molar-refractivity contribution in [3.8, 4) is 11.1 Å². The Balaban J connectivity index is 2.02. The average Bonchev–Trinajstić information content (AvgIpc) is 3.34. The summed E-state index contributed by atoms with van der Waals surface area (Å²) in [5.41, 5.74) is 3.20. The number of furan rings is 1. The first-order valence-corrected chi connectivity index (χ1v) is 8.66. The number of halogens is 4. The maximum absolute atomic E-state index is 14.6. The molecule has 2 aromatic heterocycles. The van der Waals surface area contributed by atoms with Crippen LogP contribution in [-0.4, -0.2) is 28.8 Å². The molecule has 154 valence electrons. The number of pyridine rings is 1. The zero-order valence-corrected chi connectivity index (χ0v) is 15.4. The lowest BCUT2D eigenvalue weighted by molar-refractivity contribution is -0.129. The summed E-state index contributed by atoms with van der Waals surface area (Å²) in [5, 5.41) is 0. The van der Waals surface area contributed by atoms with E-state index in [4.69, 9.17) is 10.2 Å². The fourth-order valence-corrected chi connectivity index (χ4v) is 3.40. The number of nitrogens with two attached hydrogens (primary N) is 1. The Hall–Kier alpha value is -3.69. The van der Waals surface area contributed by atoms with Crippen LogP contribution in [0.1, 0.15) is 23.2 Å². The summed E-state index contributed by atoms with van der Waals surface area (Å²) >= 11 is 0. The van der Waals surface area contributed by atoms with E-state index in [1.807, 2.05) is 0 Å². The summed E-state index contributed by atoms with van der Waals surface area (Å²) in [7, 11) is 1.34. The largest absolute Gasteiger partial charge is 0.472 e. The van der Waals surface area contributed by atoms with Crippen molar-refractivity contribution in [3.05, 3.63) is 77.5 Å². The summed E-state index contributed by atoms with van der Waals surface area (Å²) in [6, 6.07) is 5.74. The molecule has 1 aromatic carbocycles. The molecule has 1 aliphatic heterocycles. The van der Waals surface area contributed by atoms with Gasteiger partial charge in [0, 0.05) is 24.4 Å². The highest BCUT2D eigenvalue weighted by Crippen LogP contribution is 2.42. The minimum Gasteiger partial charge on any atom is -0.472 e. The number of carbonyl (C=O) groups excluding carboxylic acids is 1. The van der Waals surface area contributed by atoms with Crippen LogP contribution in [0.25, 0.3) is 11.1 Å². The molecule has 10 heteroatoms. The molecule has 1 unspecified atom stereocenters. The number of benzene rings is 1. The molecule has 3 aromatic rings. The van der Waals surface area contributed by atoms with Crippen molar-refractivity contribution in [3.63, 3.8) is 0 Å². The molecule has 0 saturated carbocycles. The first-order valence-electron chi connectivity index (χ1n) is 8.66. The van der Waals surface area contributed by atoms with Gasteiger partial charge in [0.15, 0.2) is 23.1 Å². The number of carbonyl (C=O) groups is 1. The number of aliphatic imine (C=N–C) groups is 1. The minimum absolute atomic E-state index is 0.00532. The van der Waals surface area contributed by atoms with Gasteiger partial charge in [-0.05, 0) is 41.5 Å². The summed E-state index contributed by atoms with van der Waals surface area (Å²) in [6.07, 6.45) is 0.657. The van der Waals surface area contributed by atoms with Gasteiger partial charge in [0.25, 0.3) is 12.3 Å². The second-order valence-electron chi connectivity index (χ2n) is 6.65. The van der Waals surface area contributed by atoms with E-state index in [2.05, 4.69) is 9.98 Å². The molecule has 0 aliphatic carbocycles. The van der Waals surface area contributed by atoms with Crippen molar-refractivity contribution in [1.29, 1.82) is 0 Å². The van der Waals surface area contributed by atoms with Crippen LogP contribution < -0.4 is 5.73 Å². The number of nitrogens with zero attached hydrogens (tertiary/aromatic N) is 3. The third-order valence-corrected chi connectivity index (χ3v) is 4.94. The van der Waals surface area contributed by atoms with Gasteiger partial charge in [-0.25, -0.2) is 22.6 Å². The molecule has 0 saturated heterocycles. The Kier molecular flexibility index (Phi) is 4.56. The van der Waals surface area contributed by atoms with Crippen LogP contribution in [0, 0.1) is 11.6 Å². The highest BCUT2D eigenvalue weighted by Gasteiger charge is 2.50. The van der Waals surface area contributed by atoms with Gasteiger partial charge in [-0.3, -0.25) is 14.7 Å². The first-order chi connectivity index (χ1) is 14.3. The van der Waals surface area contributed by atoms with Crippen LogP contribution in [0.3, 0.4) is 0 Å². The van der Waals surface area contributed by atoms with Crippen LogP contribution >= 0.6 is 0 Å². The number of hydrogen-bond donors (Lipinski definition) is 1. The second kappa shape index (κ2) is 6.97. The zero-order chi connectivity index (χ0) is 21.6. The molecule has 30 heavy (non-hydrogen) atoms. The van der Waals surface area contributed by atoms with E-state index in [-0.39, 0.29) is 28.2 Å². The van der Waals surface area contributed by atoms with E-state index in [0.29, 0.717) is 0 Å². The Morgan fingerprint density at radius 1 is 1.17 bits per heavy atom. The summed E-state index contributed by atoms with van der Waals surface area (Å²) in [6.45, 7) is 0. The molecular weight excluding hydrogens is 404 g/mol. The number of rotatable bonds is 4. The number of amides is 1. The van der Waals surface area contributed by atoms with Gasteiger partial charge in [-0.15, -0.1) is 0 Å². The Morgan fingerprint density at radius 3 is 2.53 bits per heavy atom. The van der Waals surface area contributed by atoms with Crippen LogP contribution in [0.2, 0.25) is 0 Å². The van der Waals surface area contributed by atoms with Gasteiger partial charge in [0.1, 0.15) is 5.69 Å². The van der Waals surface area contributed by atoms with Gasteiger partial charge < -0.3 is 10.2 Å². The second-order valence-corrected chi connectivity index (χ2v) is 6.65. The number of hydrogen-bond acceptors (Lipinski definition) is 5. The molecule has 3 heterocycles. The molecule has 0 radical (unpaired) electrons. The molecule has 0 fully saturated rings. The van der Waals surface area contributed by atoms with E-state index < -0.39 is 35.2 Å². The van der Waals surface area contributed by atoms with Gasteiger partial charge in [0.05, 0.1) is 12.5 Å². The summed E-state index contributed by atoms with van der Waals surface area (Å²) < 4.78 is 60.5. The van der Waals surface area contributed by atoms with Crippen molar-refractivity contribution >= 4 is 11.9 Å². The predicted octanol–water partition coefficient (Wildman–Crippen LogP) is 3.59. The van der Waals surface area contributed by atoms with Gasteiger partial charge >= 0.3 is 0 Å². The molecule has 1 aliphatic rings. The van der Waals surface area contributed by atoms with Crippen LogP contribution in [-0.2, 0) is 10.3 Å². The fraction of sp³-hybridized carbons (Fsp3) is 0.150. The minimum atomic E-state index is -2.91. The quantitative estimate of drug-likeness (QED) is 0.657. The highest BCUT2D eigenvalue weighted by atomic mass is 19.3. The topological polar surface area (TPSA) is 84.7 Å². The molecule has 2 N–H and O–H groups in total. The summed E-state index contributed by atoms with van der Waals surface area (Å²) in [4.78, 5) is 22.0. The van der Waals surface area contributed by atoms with Crippen LogP contribution in [0.4, 0.5) is 17.6 Å². The lowest BCUT2D eigenvalue weighted by Crippen LogP contribution is -2.41. The highest BCUT2D eigenvalue weighted by molar-refractivity contribution is 6.09. The van der Waals surface area contributed by atoms with Crippen molar-refractivity contribution in [2.24, 2.45) is 10.7 Å². The monoisotopic (exact) mass is 418 g/mol. The normalized spacial score (nSPS) is 18.9. The molecule has 1 amide bonds. The average molecular weight is 418 g/mol. The molecule has 0 bridgehead atoms. The number of alkyl halides is 2. The Labute approximate surface area is 167 Å². The molecule has 1 atom stereocenters. The molecule has 6 nitrogen and oxygen atoms in total. The Bertz CT molecular complexity index is 1160. The van der Waals surface area contributed by atoms with Crippen molar-refractivity contribution < 1.29 is 26.8 Å². The van der Waals surface area contributed by atoms with Crippen molar-refractivity contribution in [1.82, 2.24) is 9.88 Å². The predicted molar refractivity (Wildman–Crippen MR) is 98.4 cm³/mol. The van der Waals surface area contributed by atoms with E-state index in [1.165, 1.54) is 37.8 Å². The standard InChI is InChI=1S/C20H14F4N4O2/c1-28-18(29)20(27-19(28)25,11-2-4-26-15(8-11)17(23)24)12-6-13(10-3-5-30-9-10)16(22)14(21)7-12/h2-9,17H,1H3,(H2,25,27). The van der Waals surface area contributed by atoms with Gasteiger partial charge in [0.2, 0.25) is 0 Å². The van der Waals surface area contributed by atoms with Crippen LogP contribution in [0.5, 0.6) is 0 Å². The Morgan fingerprint density at radius 2 is 1.93 bits per heavy atom. The molecular formula is C20H14F4N4O2. The first kappa shape index (κ1) is 19.6. The maximum atomic E-state index is 14.6. The van der Waals surface area contributed by atoms with Crippen molar-refractivity contribution in [2.75, 3.05) is 7.05 Å². The summed E-state index contributed by atoms with van der Waals surface area (Å²) in [5.74, 6) is -3.32. The third kappa shape index (κ3) is 2.83. The van der Waals surface area contributed by atoms with Crippen molar-refractivity contribution in [2.45, 2.75) is 12.0 Å². The van der Waals surface area contributed by atoms with Gasteiger partial charge in [-0.2, -0.15) is 0 Å².